The van der Waals surface area contributed by atoms with E-state index in [-0.39, 0.29) is 12.4 Å². The van der Waals surface area contributed by atoms with E-state index in [1.165, 1.54) is 50.7 Å². The highest BCUT2D eigenvalue weighted by Gasteiger charge is 2.10. The first kappa shape index (κ1) is 15.7. The number of hydrogen-bond acceptors (Lipinski definition) is 3. The fourth-order valence-corrected chi connectivity index (χ4v) is 2.35. The highest BCUT2D eigenvalue weighted by molar-refractivity contribution is 5.53. The van der Waals surface area contributed by atoms with Gasteiger partial charge >= 0.3 is 0 Å². The molecule has 21 heavy (non-hydrogen) atoms. The first-order valence-electron chi connectivity index (χ1n) is 7.54. The molecule has 1 aromatic heterocycles. The molecule has 3 rings (SSSR count). The SMILES string of the molecule is C1CCCCC1.Cc1oc(-c2ccc(F)cc2)nc1CO. The molecular formula is C17H22FNO2. The van der Waals surface area contributed by atoms with Gasteiger partial charge in [-0.05, 0) is 31.2 Å². The lowest BCUT2D eigenvalue weighted by Gasteiger charge is -2.05. The number of aryl methyl sites for hydroxylation is 1. The summed E-state index contributed by atoms with van der Waals surface area (Å²) in [6, 6.07) is 5.85. The second kappa shape index (κ2) is 7.93. The third-order valence-electron chi connectivity index (χ3n) is 3.63. The van der Waals surface area contributed by atoms with Gasteiger partial charge in [0.05, 0.1) is 6.61 Å². The van der Waals surface area contributed by atoms with Crippen molar-refractivity contribution in [2.45, 2.75) is 52.1 Å². The Morgan fingerprint density at radius 2 is 1.57 bits per heavy atom. The zero-order chi connectivity index (χ0) is 15.1. The molecule has 4 heteroatoms. The molecule has 0 saturated heterocycles. The lowest BCUT2D eigenvalue weighted by Crippen LogP contribution is -1.85. The Kier molecular flexibility index (Phi) is 5.93. The molecule has 0 aliphatic heterocycles. The van der Waals surface area contributed by atoms with E-state index in [0.29, 0.717) is 22.9 Å². The standard InChI is InChI=1S/C11H10FNO2.C6H12/c1-7-10(6-14)13-11(15-7)8-2-4-9(12)5-3-8;1-2-4-6-5-3-1/h2-5,14H,6H2,1H3;1-6H2. The summed E-state index contributed by atoms with van der Waals surface area (Å²) < 4.78 is 18.0. The smallest absolute Gasteiger partial charge is 0.226 e. The third-order valence-corrected chi connectivity index (χ3v) is 3.63. The van der Waals surface area contributed by atoms with Crippen molar-refractivity contribution < 1.29 is 13.9 Å². The number of nitrogens with zero attached hydrogens (tertiary/aromatic N) is 1. The summed E-state index contributed by atoms with van der Waals surface area (Å²) in [7, 11) is 0. The second-order valence-corrected chi connectivity index (χ2v) is 5.31. The summed E-state index contributed by atoms with van der Waals surface area (Å²) in [6.07, 6.45) is 9.00. The summed E-state index contributed by atoms with van der Waals surface area (Å²) >= 11 is 0. The van der Waals surface area contributed by atoms with Crippen LogP contribution in [0.4, 0.5) is 4.39 Å². The number of benzene rings is 1. The first-order valence-corrected chi connectivity index (χ1v) is 7.54. The predicted octanol–water partition coefficient (Wildman–Crippen LogP) is 4.62. The van der Waals surface area contributed by atoms with Crippen LogP contribution in [0.2, 0.25) is 0 Å². The van der Waals surface area contributed by atoms with Crippen molar-refractivity contribution in [1.29, 1.82) is 0 Å². The van der Waals surface area contributed by atoms with Crippen LogP contribution < -0.4 is 0 Å². The number of rotatable bonds is 2. The maximum atomic E-state index is 12.7. The molecular weight excluding hydrogens is 269 g/mol. The molecule has 0 bridgehead atoms. The number of oxazole rings is 1. The molecule has 0 radical (unpaired) electrons. The van der Waals surface area contributed by atoms with Crippen LogP contribution in [-0.2, 0) is 6.61 Å². The van der Waals surface area contributed by atoms with Crippen LogP contribution in [0.15, 0.2) is 28.7 Å². The predicted molar refractivity (Wildman–Crippen MR) is 80.3 cm³/mol. The van der Waals surface area contributed by atoms with Crippen molar-refractivity contribution in [2.24, 2.45) is 0 Å². The van der Waals surface area contributed by atoms with E-state index in [2.05, 4.69) is 4.98 Å². The largest absolute Gasteiger partial charge is 0.441 e. The van der Waals surface area contributed by atoms with Gasteiger partial charge in [-0.3, -0.25) is 0 Å². The molecule has 1 aromatic carbocycles. The van der Waals surface area contributed by atoms with Crippen LogP contribution in [0.25, 0.3) is 11.5 Å². The first-order chi connectivity index (χ1) is 10.2. The van der Waals surface area contributed by atoms with Gasteiger partial charge in [0.15, 0.2) is 0 Å². The third kappa shape index (κ3) is 4.67. The minimum absolute atomic E-state index is 0.156. The van der Waals surface area contributed by atoms with Gasteiger partial charge in [0.1, 0.15) is 17.3 Å². The van der Waals surface area contributed by atoms with Crippen molar-refractivity contribution in [1.82, 2.24) is 4.98 Å². The molecule has 1 aliphatic rings. The van der Waals surface area contributed by atoms with Gasteiger partial charge in [-0.15, -0.1) is 0 Å². The van der Waals surface area contributed by atoms with E-state index in [1.54, 1.807) is 19.1 Å². The quantitative estimate of drug-likeness (QED) is 0.878. The normalized spacial score (nSPS) is 14.4. The van der Waals surface area contributed by atoms with E-state index in [0.717, 1.165) is 0 Å². The molecule has 1 saturated carbocycles. The Labute approximate surface area is 124 Å². The number of aromatic nitrogens is 1. The summed E-state index contributed by atoms with van der Waals surface area (Å²) in [4.78, 5) is 4.09. The number of halogens is 1. The van der Waals surface area contributed by atoms with Gasteiger partial charge in [0, 0.05) is 5.56 Å². The lowest BCUT2D eigenvalue weighted by atomic mass is 10.0. The highest BCUT2D eigenvalue weighted by atomic mass is 19.1. The average Bonchev–Trinajstić information content (AvgIpc) is 2.91. The Bertz CT molecular complexity index is 533. The fraction of sp³-hybridized carbons (Fsp3) is 0.471. The maximum Gasteiger partial charge on any atom is 0.226 e. The molecule has 1 heterocycles. The molecule has 0 spiro atoms. The number of aliphatic hydroxyl groups is 1. The second-order valence-electron chi connectivity index (χ2n) is 5.31. The molecule has 3 nitrogen and oxygen atoms in total. The molecule has 0 unspecified atom stereocenters. The van der Waals surface area contributed by atoms with Gasteiger partial charge in [-0.2, -0.15) is 0 Å². The Hall–Kier alpha value is -1.68. The van der Waals surface area contributed by atoms with E-state index in [1.807, 2.05) is 0 Å². The van der Waals surface area contributed by atoms with Crippen LogP contribution in [0, 0.1) is 12.7 Å². The Morgan fingerprint density at radius 3 is 2.00 bits per heavy atom. The van der Waals surface area contributed by atoms with Crippen molar-refractivity contribution in [3.63, 3.8) is 0 Å². The molecule has 2 aromatic rings. The monoisotopic (exact) mass is 291 g/mol. The van der Waals surface area contributed by atoms with Crippen LogP contribution in [0.1, 0.15) is 50.0 Å². The zero-order valence-corrected chi connectivity index (χ0v) is 12.4. The number of hydrogen-bond donors (Lipinski definition) is 1. The summed E-state index contributed by atoms with van der Waals surface area (Å²) in [5, 5.41) is 8.94. The van der Waals surface area contributed by atoms with Crippen molar-refractivity contribution in [2.75, 3.05) is 0 Å². The van der Waals surface area contributed by atoms with Gasteiger partial charge < -0.3 is 9.52 Å². The van der Waals surface area contributed by atoms with Crippen LogP contribution in [-0.4, -0.2) is 10.1 Å². The van der Waals surface area contributed by atoms with Gasteiger partial charge in [0.2, 0.25) is 5.89 Å². The fourth-order valence-electron chi connectivity index (χ4n) is 2.35. The van der Waals surface area contributed by atoms with E-state index in [4.69, 9.17) is 9.52 Å². The van der Waals surface area contributed by atoms with Gasteiger partial charge in [0.25, 0.3) is 0 Å². The lowest BCUT2D eigenvalue weighted by molar-refractivity contribution is 0.275. The van der Waals surface area contributed by atoms with Crippen molar-refractivity contribution in [3.05, 3.63) is 41.5 Å². The average molecular weight is 291 g/mol. The molecule has 1 fully saturated rings. The van der Waals surface area contributed by atoms with Crippen LogP contribution in [0.5, 0.6) is 0 Å². The summed E-state index contributed by atoms with van der Waals surface area (Å²) in [5.74, 6) is 0.679. The van der Waals surface area contributed by atoms with Crippen LogP contribution >= 0.6 is 0 Å². The summed E-state index contributed by atoms with van der Waals surface area (Å²) in [6.45, 7) is 1.57. The van der Waals surface area contributed by atoms with Gasteiger partial charge in [-0.25, -0.2) is 9.37 Å². The Morgan fingerprint density at radius 1 is 1.05 bits per heavy atom. The van der Waals surface area contributed by atoms with Crippen molar-refractivity contribution in [3.8, 4) is 11.5 Å². The highest BCUT2D eigenvalue weighted by Crippen LogP contribution is 2.21. The van der Waals surface area contributed by atoms with E-state index < -0.39 is 0 Å². The zero-order valence-electron chi connectivity index (χ0n) is 12.4. The van der Waals surface area contributed by atoms with E-state index in [9.17, 15) is 4.39 Å². The van der Waals surface area contributed by atoms with E-state index >= 15 is 0 Å². The molecule has 114 valence electrons. The topological polar surface area (TPSA) is 46.3 Å². The van der Waals surface area contributed by atoms with Crippen LogP contribution in [0.3, 0.4) is 0 Å². The molecule has 1 aliphatic carbocycles. The van der Waals surface area contributed by atoms with Crippen molar-refractivity contribution >= 4 is 0 Å². The molecule has 0 amide bonds. The number of aliphatic hydroxyl groups excluding tert-OH is 1. The molecule has 1 N–H and O–H groups in total. The Balaban J connectivity index is 0.000000225. The minimum atomic E-state index is -0.301. The van der Waals surface area contributed by atoms with Gasteiger partial charge in [-0.1, -0.05) is 38.5 Å². The minimum Gasteiger partial charge on any atom is -0.441 e. The maximum absolute atomic E-state index is 12.7. The summed E-state index contributed by atoms with van der Waals surface area (Å²) in [5.41, 5.74) is 1.20. The molecule has 0 atom stereocenters.